The van der Waals surface area contributed by atoms with Crippen molar-refractivity contribution in [1.29, 1.82) is 0 Å². The van der Waals surface area contributed by atoms with Crippen LogP contribution in [0.25, 0.3) is 10.2 Å². The highest BCUT2D eigenvalue weighted by molar-refractivity contribution is 7.22. The van der Waals surface area contributed by atoms with Gasteiger partial charge in [0.25, 0.3) is 11.8 Å². The first kappa shape index (κ1) is 36.4. The molecular formula is C34H41FN6O9S. The van der Waals surface area contributed by atoms with E-state index in [2.05, 4.69) is 20.9 Å². The van der Waals surface area contributed by atoms with Crippen LogP contribution in [0.3, 0.4) is 0 Å². The molecule has 2 aromatic carbocycles. The van der Waals surface area contributed by atoms with Crippen molar-refractivity contribution in [1.82, 2.24) is 20.9 Å². The topological polar surface area (TPSA) is 170 Å². The summed E-state index contributed by atoms with van der Waals surface area (Å²) < 4.78 is 43.2. The molecule has 0 saturated carbocycles. The third kappa shape index (κ3) is 9.48. The molecule has 15 nitrogen and oxygen atoms in total. The number of ether oxygens (including phenoxy) is 5. The van der Waals surface area contributed by atoms with E-state index in [1.165, 1.54) is 22.3 Å². The summed E-state index contributed by atoms with van der Waals surface area (Å²) in [5, 5.41) is 8.56. The van der Waals surface area contributed by atoms with E-state index in [-0.39, 0.29) is 62.4 Å². The van der Waals surface area contributed by atoms with Crippen molar-refractivity contribution < 1.29 is 47.3 Å². The molecule has 274 valence electrons. The van der Waals surface area contributed by atoms with Gasteiger partial charge in [0, 0.05) is 37.3 Å². The highest BCUT2D eigenvalue weighted by Crippen LogP contribution is 2.41. The van der Waals surface area contributed by atoms with Gasteiger partial charge in [-0.2, -0.15) is 0 Å². The number of rotatable bonds is 18. The quantitative estimate of drug-likeness (QED) is 0.164. The van der Waals surface area contributed by atoms with Crippen LogP contribution in [0.2, 0.25) is 0 Å². The van der Waals surface area contributed by atoms with Gasteiger partial charge < -0.3 is 39.2 Å². The summed E-state index contributed by atoms with van der Waals surface area (Å²) in [6, 6.07) is 9.65. The SMILES string of the molecule is O=C(COc1c(F)ccc2sc(N3[C@@H]4CC[C@H]3COC4)nc12)NCCOCCOCCOCCNC(=O)c1ccc(N2CCC(=O)NC2=O)cc1. The van der Waals surface area contributed by atoms with Gasteiger partial charge in [-0.05, 0) is 49.2 Å². The number of amides is 5. The number of aromatic nitrogens is 1. The number of nitrogens with one attached hydrogen (secondary N) is 3. The highest BCUT2D eigenvalue weighted by Gasteiger charge is 2.39. The minimum Gasteiger partial charge on any atom is -0.478 e. The summed E-state index contributed by atoms with van der Waals surface area (Å²) >= 11 is 1.49. The summed E-state index contributed by atoms with van der Waals surface area (Å²) in [4.78, 5) is 56.5. The van der Waals surface area contributed by atoms with Crippen molar-refractivity contribution in [3.8, 4) is 5.75 Å². The monoisotopic (exact) mass is 728 g/mol. The van der Waals surface area contributed by atoms with E-state index in [1.54, 1.807) is 30.3 Å². The molecule has 0 aliphatic carbocycles. The predicted octanol–water partition coefficient (Wildman–Crippen LogP) is 2.22. The molecule has 0 radical (unpaired) electrons. The predicted molar refractivity (Wildman–Crippen MR) is 185 cm³/mol. The summed E-state index contributed by atoms with van der Waals surface area (Å²) in [6.45, 7) is 3.75. The minimum absolute atomic E-state index is 0.0258. The van der Waals surface area contributed by atoms with Gasteiger partial charge in [-0.25, -0.2) is 14.2 Å². The van der Waals surface area contributed by atoms with Crippen molar-refractivity contribution in [3.05, 3.63) is 47.8 Å². The van der Waals surface area contributed by atoms with Gasteiger partial charge in [-0.15, -0.1) is 0 Å². The molecular weight excluding hydrogens is 687 g/mol. The maximum Gasteiger partial charge on any atom is 0.328 e. The highest BCUT2D eigenvalue weighted by atomic mass is 32.1. The summed E-state index contributed by atoms with van der Waals surface area (Å²) in [7, 11) is 0. The Kier molecular flexibility index (Phi) is 12.6. The second-order valence-electron chi connectivity index (χ2n) is 12.1. The molecule has 17 heteroatoms. The van der Waals surface area contributed by atoms with Crippen LogP contribution < -0.4 is 30.5 Å². The molecule has 0 spiro atoms. The van der Waals surface area contributed by atoms with Gasteiger partial charge in [0.2, 0.25) is 5.91 Å². The van der Waals surface area contributed by atoms with Crippen molar-refractivity contribution in [2.75, 3.05) is 88.9 Å². The summed E-state index contributed by atoms with van der Waals surface area (Å²) in [5.41, 5.74) is 1.46. The van der Waals surface area contributed by atoms with Crippen LogP contribution in [0.15, 0.2) is 36.4 Å². The number of carbonyl (C=O) groups is 4. The van der Waals surface area contributed by atoms with Gasteiger partial charge in [0.05, 0.1) is 69.6 Å². The molecule has 3 aromatic rings. The smallest absolute Gasteiger partial charge is 0.328 e. The maximum atomic E-state index is 14.7. The molecule has 3 saturated heterocycles. The number of benzene rings is 2. The van der Waals surface area contributed by atoms with Gasteiger partial charge in [-0.1, -0.05) is 11.3 Å². The number of imide groups is 1. The van der Waals surface area contributed by atoms with E-state index in [9.17, 15) is 23.6 Å². The molecule has 3 N–H and O–H groups in total. The van der Waals surface area contributed by atoms with Gasteiger partial charge in [0.1, 0.15) is 5.52 Å². The molecule has 5 amide bonds. The van der Waals surface area contributed by atoms with Crippen LogP contribution in [0.5, 0.6) is 5.75 Å². The van der Waals surface area contributed by atoms with Crippen molar-refractivity contribution in [2.24, 2.45) is 0 Å². The Labute approximate surface area is 297 Å². The van der Waals surface area contributed by atoms with Gasteiger partial charge in [-0.3, -0.25) is 24.6 Å². The number of nitrogens with zero attached hydrogens (tertiary/aromatic N) is 3. The average molecular weight is 729 g/mol. The molecule has 6 rings (SSSR count). The Morgan fingerprint density at radius 3 is 2.27 bits per heavy atom. The van der Waals surface area contributed by atoms with Crippen LogP contribution in [0.1, 0.15) is 29.6 Å². The van der Waals surface area contributed by atoms with Gasteiger partial charge in [0.15, 0.2) is 23.3 Å². The zero-order valence-corrected chi connectivity index (χ0v) is 28.8. The number of hydrogen-bond donors (Lipinski definition) is 3. The lowest BCUT2D eigenvalue weighted by Gasteiger charge is -2.34. The van der Waals surface area contributed by atoms with Crippen molar-refractivity contribution in [2.45, 2.75) is 31.3 Å². The largest absolute Gasteiger partial charge is 0.478 e. The Bertz CT molecular complexity index is 1680. The van der Waals surface area contributed by atoms with E-state index in [1.807, 2.05) is 0 Å². The number of morpholine rings is 1. The Morgan fingerprint density at radius 1 is 0.922 bits per heavy atom. The van der Waals surface area contributed by atoms with E-state index < -0.39 is 17.8 Å². The van der Waals surface area contributed by atoms with E-state index in [0.29, 0.717) is 69.6 Å². The molecule has 4 heterocycles. The number of thiazole rings is 1. The standard InChI is InChI=1S/C34H41FN6O9S/c35-26-7-8-27-30(39-34(51-27)41-24-5-6-25(41)20-49-19-24)31(26)50-21-29(43)36-10-13-46-15-17-48-18-16-47-14-11-37-32(44)22-1-3-23(4-2-22)40-12-9-28(42)38-33(40)45/h1-4,7-8,24-25H,5-6,9-21H2,(H,36,43)(H,37,44)(H,38,42,45)/t24-,25+. The van der Waals surface area contributed by atoms with Crippen LogP contribution in [-0.4, -0.2) is 120 Å². The van der Waals surface area contributed by atoms with Crippen LogP contribution in [0, 0.1) is 5.82 Å². The number of halogens is 1. The van der Waals surface area contributed by atoms with Crippen LogP contribution >= 0.6 is 11.3 Å². The lowest BCUT2D eigenvalue weighted by atomic mass is 10.1. The number of anilines is 2. The second-order valence-corrected chi connectivity index (χ2v) is 13.1. The second kappa shape index (κ2) is 17.7. The fraction of sp³-hybridized carbons (Fsp3) is 0.500. The molecule has 1 aromatic heterocycles. The molecule has 3 fully saturated rings. The molecule has 51 heavy (non-hydrogen) atoms. The Hall–Kier alpha value is -4.42. The van der Waals surface area contributed by atoms with E-state index in [4.69, 9.17) is 28.7 Å². The fourth-order valence-corrected chi connectivity index (χ4v) is 7.17. The third-order valence-corrected chi connectivity index (χ3v) is 9.64. The van der Waals surface area contributed by atoms with E-state index >= 15 is 0 Å². The van der Waals surface area contributed by atoms with Crippen molar-refractivity contribution >= 4 is 56.1 Å². The van der Waals surface area contributed by atoms with Crippen LogP contribution in [0.4, 0.5) is 20.0 Å². The Balaban J connectivity index is 0.774. The molecule has 3 aliphatic heterocycles. The fourth-order valence-electron chi connectivity index (χ4n) is 6.06. The summed E-state index contributed by atoms with van der Waals surface area (Å²) in [5.74, 6) is -1.57. The first-order valence-electron chi connectivity index (χ1n) is 16.9. The zero-order valence-electron chi connectivity index (χ0n) is 28.0. The van der Waals surface area contributed by atoms with E-state index in [0.717, 1.165) is 22.7 Å². The van der Waals surface area contributed by atoms with Crippen LogP contribution in [-0.2, 0) is 28.5 Å². The lowest BCUT2D eigenvalue weighted by Crippen LogP contribution is -2.49. The zero-order chi connectivity index (χ0) is 35.6. The molecule has 2 atom stereocenters. The average Bonchev–Trinajstić information content (AvgIpc) is 3.66. The first-order chi connectivity index (χ1) is 24.9. The third-order valence-electron chi connectivity index (χ3n) is 8.60. The number of hydrogen-bond acceptors (Lipinski definition) is 12. The van der Waals surface area contributed by atoms with Gasteiger partial charge >= 0.3 is 6.03 Å². The number of fused-ring (bicyclic) bond motifs is 3. The van der Waals surface area contributed by atoms with Crippen molar-refractivity contribution in [3.63, 3.8) is 0 Å². The molecule has 2 bridgehead atoms. The Morgan fingerprint density at radius 2 is 1.59 bits per heavy atom. The first-order valence-corrected chi connectivity index (χ1v) is 17.8. The number of carbonyl (C=O) groups excluding carboxylic acids is 4. The molecule has 0 unspecified atom stereocenters. The summed E-state index contributed by atoms with van der Waals surface area (Å²) in [6.07, 6.45) is 2.32. The number of urea groups is 1. The lowest BCUT2D eigenvalue weighted by molar-refractivity contribution is -0.123. The normalized spacial score (nSPS) is 18.6. The molecule has 3 aliphatic rings. The maximum absolute atomic E-state index is 14.7. The minimum atomic E-state index is -0.566.